The molecule has 1 fully saturated rings. The highest BCUT2D eigenvalue weighted by atomic mass is 35.5. The van der Waals surface area contributed by atoms with Gasteiger partial charge in [-0.3, -0.25) is 0 Å². The fourth-order valence-corrected chi connectivity index (χ4v) is 4.36. The fraction of sp³-hybridized carbons (Fsp3) is 0.250. The van der Waals surface area contributed by atoms with E-state index in [1.807, 2.05) is 11.0 Å². The molecule has 230 valence electrons. The predicted octanol–water partition coefficient (Wildman–Crippen LogP) is 8.46. The van der Waals surface area contributed by atoms with E-state index in [2.05, 4.69) is 28.5 Å². The molecule has 0 radical (unpaired) electrons. The molecule has 0 unspecified atom stereocenters. The second-order valence-electron chi connectivity index (χ2n) is 8.87. The number of aliphatic carboxylic acids is 1. The summed E-state index contributed by atoms with van der Waals surface area (Å²) in [5, 5.41) is 11.7. The van der Waals surface area contributed by atoms with Crippen LogP contribution in [0.25, 0.3) is 0 Å². The Morgan fingerprint density at radius 2 is 1.53 bits per heavy atom. The topological polar surface area (TPSA) is 125 Å². The van der Waals surface area contributed by atoms with Gasteiger partial charge in [-0.2, -0.15) is 18.2 Å². The van der Waals surface area contributed by atoms with Crippen LogP contribution in [0, 0.1) is 0 Å². The summed E-state index contributed by atoms with van der Waals surface area (Å²) in [7, 11) is 0. The molecule has 1 saturated heterocycles. The summed E-state index contributed by atoms with van der Waals surface area (Å²) in [6.45, 7) is 2.01. The Morgan fingerprint density at radius 1 is 0.953 bits per heavy atom. The molecule has 4 N–H and O–H groups in total. The Kier molecular flexibility index (Phi) is 14.3. The molecule has 0 atom stereocenters. The molecule has 0 spiro atoms. The molecule has 3 aromatic carbocycles. The Morgan fingerprint density at radius 3 is 2.05 bits per heavy atom. The van der Waals surface area contributed by atoms with Crippen LogP contribution < -0.4 is 11.1 Å². The number of carbonyl (C=O) groups excluding carboxylic acids is 2. The van der Waals surface area contributed by atoms with Crippen LogP contribution in [0.3, 0.4) is 0 Å². The number of hydrogen-bond acceptors (Lipinski definition) is 5. The van der Waals surface area contributed by atoms with E-state index in [0.717, 1.165) is 31.5 Å². The molecule has 8 nitrogen and oxygen atoms in total. The van der Waals surface area contributed by atoms with E-state index in [1.54, 1.807) is 30.3 Å². The van der Waals surface area contributed by atoms with Gasteiger partial charge in [0, 0.05) is 25.3 Å². The number of nitrogens with two attached hydrogens (primary N) is 1. The lowest BCUT2D eigenvalue weighted by Gasteiger charge is -2.32. The largest absolute Gasteiger partial charge is 0.490 e. The highest BCUT2D eigenvalue weighted by Gasteiger charge is 2.38. The average Bonchev–Trinajstić information content (AvgIpc) is 2.97. The van der Waals surface area contributed by atoms with Crippen LogP contribution in [0.4, 0.5) is 29.3 Å². The first kappa shape index (κ1) is 35.9. The van der Waals surface area contributed by atoms with Crippen LogP contribution in [-0.4, -0.2) is 47.4 Å². The number of halogens is 7. The van der Waals surface area contributed by atoms with Gasteiger partial charge in [-0.1, -0.05) is 70.7 Å². The molecule has 2 amide bonds. The summed E-state index contributed by atoms with van der Waals surface area (Å²) in [5.41, 5.74) is 9.29. The van der Waals surface area contributed by atoms with Gasteiger partial charge in [-0.15, -0.1) is 0 Å². The molecule has 4 rings (SSSR count). The highest BCUT2D eigenvalue weighted by molar-refractivity contribution is 6.42. The van der Waals surface area contributed by atoms with E-state index < -0.39 is 12.1 Å². The number of carbonyl (C=O) groups is 2. The van der Waals surface area contributed by atoms with Crippen molar-refractivity contribution in [3.63, 3.8) is 0 Å². The Balaban J connectivity index is 0.000000295. The number of rotatable bonds is 4. The minimum atomic E-state index is -5.08. The number of alkyl halides is 3. The third kappa shape index (κ3) is 12.1. The molecule has 3 aromatic rings. The highest BCUT2D eigenvalue weighted by Crippen LogP contribution is 2.30. The monoisotopic (exact) mass is 678 g/mol. The maximum Gasteiger partial charge on any atom is 0.490 e. The number of nitrogens with zero attached hydrogens (tertiary/aromatic N) is 2. The minimum Gasteiger partial charge on any atom is -0.475 e. The lowest BCUT2D eigenvalue weighted by Crippen LogP contribution is -2.40. The van der Waals surface area contributed by atoms with Gasteiger partial charge in [0.1, 0.15) is 0 Å². The number of benzene rings is 3. The lowest BCUT2D eigenvalue weighted by atomic mass is 9.88. The number of likely N-dealkylation sites (tertiary alicyclic amines) is 1. The normalized spacial score (nSPS) is 13.0. The zero-order chi connectivity index (χ0) is 32.2. The standard InChI is InChI=1S/C19H21Cl2N3O.C7H3Cl2NO.C2HF3O2/c20-17-5-4-16(11-18(17)21)23-19(25)24-8-6-14(7-9-24)15-3-1-2-13(10-15)12-22;8-6-2-1-5(10-4-11)3-7(6)9;3-2(4,5)1(6)7/h1-5,10-11,14H,6-9,12,22H2,(H,23,25);1-3H;(H,6,7). The van der Waals surface area contributed by atoms with Crippen molar-refractivity contribution in [2.24, 2.45) is 10.7 Å². The van der Waals surface area contributed by atoms with Crippen LogP contribution in [-0.2, 0) is 16.1 Å². The van der Waals surface area contributed by atoms with Gasteiger partial charge >= 0.3 is 18.2 Å². The van der Waals surface area contributed by atoms with Crippen LogP contribution >= 0.6 is 46.4 Å². The van der Waals surface area contributed by atoms with Crippen LogP contribution in [0.2, 0.25) is 20.1 Å². The molecule has 1 heterocycles. The van der Waals surface area contributed by atoms with Crippen LogP contribution in [0.5, 0.6) is 0 Å². The van der Waals surface area contributed by atoms with Gasteiger partial charge in [-0.25, -0.2) is 14.4 Å². The summed E-state index contributed by atoms with van der Waals surface area (Å²) in [5.74, 6) is -2.28. The van der Waals surface area contributed by atoms with E-state index in [9.17, 15) is 22.8 Å². The first-order chi connectivity index (χ1) is 20.2. The van der Waals surface area contributed by atoms with Crippen molar-refractivity contribution in [1.82, 2.24) is 4.90 Å². The molecular formula is C28H25Cl4F3N4O4. The quantitative estimate of drug-likeness (QED) is 0.188. The van der Waals surface area contributed by atoms with E-state index in [1.165, 1.54) is 17.7 Å². The zero-order valence-electron chi connectivity index (χ0n) is 22.2. The Bertz CT molecular complexity index is 1460. The number of carboxylic acids is 1. The van der Waals surface area contributed by atoms with E-state index in [-0.39, 0.29) is 6.03 Å². The second kappa shape index (κ2) is 17.1. The molecule has 43 heavy (non-hydrogen) atoms. The van der Waals surface area contributed by atoms with Gasteiger partial charge in [0.05, 0.1) is 25.8 Å². The number of urea groups is 1. The first-order valence-corrected chi connectivity index (χ1v) is 13.9. The number of carboxylic acid groups (broad SMARTS) is 1. The second-order valence-corrected chi connectivity index (χ2v) is 10.5. The van der Waals surface area contributed by atoms with Crippen molar-refractivity contribution < 1.29 is 32.7 Å². The van der Waals surface area contributed by atoms with Crippen molar-refractivity contribution in [2.75, 3.05) is 18.4 Å². The van der Waals surface area contributed by atoms with E-state index in [4.69, 9.17) is 62.0 Å². The number of isocyanates is 1. The maximum atomic E-state index is 12.4. The van der Waals surface area contributed by atoms with Crippen molar-refractivity contribution >= 4 is 75.9 Å². The number of piperidine rings is 1. The van der Waals surface area contributed by atoms with Gasteiger partial charge in [-0.05, 0) is 66.3 Å². The molecule has 15 heteroatoms. The maximum absolute atomic E-state index is 12.4. The van der Waals surface area contributed by atoms with Crippen molar-refractivity contribution in [3.8, 4) is 0 Å². The molecule has 1 aliphatic rings. The number of anilines is 1. The molecule has 0 aromatic heterocycles. The summed E-state index contributed by atoms with van der Waals surface area (Å²) >= 11 is 23.1. The summed E-state index contributed by atoms with van der Waals surface area (Å²) in [4.78, 5) is 36.3. The number of hydrogen-bond donors (Lipinski definition) is 3. The average molecular weight is 680 g/mol. The smallest absolute Gasteiger partial charge is 0.475 e. The van der Waals surface area contributed by atoms with Gasteiger partial charge in [0.25, 0.3) is 0 Å². The first-order valence-electron chi connectivity index (χ1n) is 12.4. The molecule has 0 bridgehead atoms. The third-order valence-electron chi connectivity index (χ3n) is 5.93. The summed E-state index contributed by atoms with van der Waals surface area (Å²) < 4.78 is 31.7. The number of nitrogens with one attached hydrogen (secondary N) is 1. The van der Waals surface area contributed by atoms with Gasteiger partial charge in [0.15, 0.2) is 0 Å². The fourth-order valence-electron chi connectivity index (χ4n) is 3.77. The molecule has 1 aliphatic heterocycles. The van der Waals surface area contributed by atoms with Crippen molar-refractivity contribution in [2.45, 2.75) is 31.5 Å². The van der Waals surface area contributed by atoms with E-state index >= 15 is 0 Å². The molecule has 0 aliphatic carbocycles. The Hall–Kier alpha value is -3.31. The van der Waals surface area contributed by atoms with Crippen LogP contribution in [0.15, 0.2) is 65.7 Å². The number of amides is 2. The number of aliphatic imine (C=N–C) groups is 1. The predicted molar refractivity (Wildman–Crippen MR) is 161 cm³/mol. The van der Waals surface area contributed by atoms with Crippen molar-refractivity contribution in [1.29, 1.82) is 0 Å². The molecule has 0 saturated carbocycles. The zero-order valence-corrected chi connectivity index (χ0v) is 25.2. The van der Waals surface area contributed by atoms with Gasteiger partial charge < -0.3 is 21.1 Å². The minimum absolute atomic E-state index is 0.104. The summed E-state index contributed by atoms with van der Waals surface area (Å²) in [6, 6.07) is 18.1. The van der Waals surface area contributed by atoms with E-state index in [0.29, 0.717) is 43.9 Å². The molecular weight excluding hydrogens is 655 g/mol. The van der Waals surface area contributed by atoms with Crippen molar-refractivity contribution in [3.05, 3.63) is 91.9 Å². The summed E-state index contributed by atoms with van der Waals surface area (Å²) in [6.07, 6.45) is -1.78. The lowest BCUT2D eigenvalue weighted by molar-refractivity contribution is -0.192. The Labute approximate surface area is 265 Å². The van der Waals surface area contributed by atoms with Crippen LogP contribution in [0.1, 0.15) is 29.9 Å². The SMILES string of the molecule is NCc1cccc(C2CCN(C(=O)Nc3ccc(Cl)c(Cl)c3)CC2)c1.O=C(O)C(F)(F)F.O=C=Nc1ccc(Cl)c(Cl)c1. The third-order valence-corrected chi connectivity index (χ3v) is 7.41. The van der Waals surface area contributed by atoms with Gasteiger partial charge in [0.2, 0.25) is 6.08 Å².